The minimum Gasteiger partial charge on any atom is -0.393 e. The number of hydrogen-bond donors (Lipinski definition) is 2. The monoisotopic (exact) mass is 225 g/mol. The van der Waals surface area contributed by atoms with Crippen LogP contribution < -0.4 is 4.72 Å². The van der Waals surface area contributed by atoms with Crippen molar-refractivity contribution in [2.24, 2.45) is 0 Å². The molecule has 2 N–H and O–H groups in total. The molecule has 0 fully saturated rings. The molecular weight excluding hydrogens is 206 g/mol. The number of aliphatic hydroxyl groups excluding tert-OH is 1. The van der Waals surface area contributed by atoms with Gasteiger partial charge in [0.15, 0.2) is 0 Å². The van der Waals surface area contributed by atoms with E-state index in [1.54, 1.807) is 6.92 Å². The fourth-order valence-electron chi connectivity index (χ4n) is 0.889. The minimum absolute atomic E-state index is 0.0701. The summed E-state index contributed by atoms with van der Waals surface area (Å²) in [6.45, 7) is 2.35. The SMILES string of the molecule is COCCCS(=O)(=O)NCCC(C)O. The quantitative estimate of drug-likeness (QED) is 0.557. The molecule has 0 bridgehead atoms. The van der Waals surface area contributed by atoms with Gasteiger partial charge in [-0.25, -0.2) is 13.1 Å². The van der Waals surface area contributed by atoms with Crippen molar-refractivity contribution in [1.82, 2.24) is 4.72 Å². The van der Waals surface area contributed by atoms with E-state index in [2.05, 4.69) is 4.72 Å². The summed E-state index contributed by atoms with van der Waals surface area (Å²) in [5.74, 6) is 0.0701. The van der Waals surface area contributed by atoms with Crippen LogP contribution in [0, 0.1) is 0 Å². The lowest BCUT2D eigenvalue weighted by Gasteiger charge is -2.07. The molecule has 0 aliphatic rings. The smallest absolute Gasteiger partial charge is 0.211 e. The first-order chi connectivity index (χ1) is 6.48. The molecule has 1 unspecified atom stereocenters. The normalized spacial score (nSPS) is 14.2. The Morgan fingerprint density at radius 1 is 1.50 bits per heavy atom. The lowest BCUT2D eigenvalue weighted by Crippen LogP contribution is -2.29. The predicted molar refractivity (Wildman–Crippen MR) is 54.6 cm³/mol. The second-order valence-corrected chi connectivity index (χ2v) is 5.12. The molecule has 0 aromatic heterocycles. The Morgan fingerprint density at radius 2 is 2.14 bits per heavy atom. The Balaban J connectivity index is 3.62. The summed E-state index contributed by atoms with van der Waals surface area (Å²) in [5.41, 5.74) is 0. The van der Waals surface area contributed by atoms with Crippen LogP contribution in [0.15, 0.2) is 0 Å². The number of hydrogen-bond acceptors (Lipinski definition) is 4. The second-order valence-electron chi connectivity index (χ2n) is 3.20. The molecule has 0 aromatic rings. The van der Waals surface area contributed by atoms with Crippen molar-refractivity contribution in [3.8, 4) is 0 Å². The summed E-state index contributed by atoms with van der Waals surface area (Å²) in [6.07, 6.45) is 0.445. The molecule has 0 heterocycles. The molecule has 0 aromatic carbocycles. The van der Waals surface area contributed by atoms with E-state index < -0.39 is 16.1 Å². The molecule has 0 radical (unpaired) electrons. The Labute approximate surface area is 85.5 Å². The number of nitrogens with one attached hydrogen (secondary N) is 1. The standard InChI is InChI=1S/C8H19NO4S/c1-8(10)4-5-9-14(11,12)7-3-6-13-2/h8-10H,3-7H2,1-2H3. The topological polar surface area (TPSA) is 75.6 Å². The van der Waals surface area contributed by atoms with Gasteiger partial charge >= 0.3 is 0 Å². The first-order valence-electron chi connectivity index (χ1n) is 4.62. The van der Waals surface area contributed by atoms with Gasteiger partial charge in [-0.05, 0) is 19.8 Å². The molecule has 0 saturated heterocycles. The van der Waals surface area contributed by atoms with Crippen molar-refractivity contribution in [3.05, 3.63) is 0 Å². The van der Waals surface area contributed by atoms with Crippen molar-refractivity contribution >= 4 is 10.0 Å². The largest absolute Gasteiger partial charge is 0.393 e. The minimum atomic E-state index is -3.19. The first-order valence-corrected chi connectivity index (χ1v) is 6.27. The highest BCUT2D eigenvalue weighted by Gasteiger charge is 2.09. The molecule has 86 valence electrons. The molecule has 0 aliphatic carbocycles. The van der Waals surface area contributed by atoms with Gasteiger partial charge in [0.1, 0.15) is 0 Å². The fraction of sp³-hybridized carbons (Fsp3) is 1.00. The molecule has 0 rings (SSSR count). The molecule has 6 heteroatoms. The summed E-state index contributed by atoms with van der Waals surface area (Å²) < 4.78 is 29.6. The van der Waals surface area contributed by atoms with Gasteiger partial charge in [0.2, 0.25) is 10.0 Å². The van der Waals surface area contributed by atoms with E-state index in [4.69, 9.17) is 9.84 Å². The van der Waals surface area contributed by atoms with Gasteiger partial charge in [0.25, 0.3) is 0 Å². The number of sulfonamides is 1. The molecule has 5 nitrogen and oxygen atoms in total. The van der Waals surface area contributed by atoms with E-state index in [0.717, 1.165) is 0 Å². The van der Waals surface area contributed by atoms with Crippen molar-refractivity contribution in [2.45, 2.75) is 25.9 Å². The predicted octanol–water partition coefficient (Wildman–Crippen LogP) is -0.287. The van der Waals surface area contributed by atoms with Gasteiger partial charge in [-0.2, -0.15) is 0 Å². The molecular formula is C8H19NO4S. The van der Waals surface area contributed by atoms with Gasteiger partial charge in [-0.1, -0.05) is 0 Å². The summed E-state index contributed by atoms with van der Waals surface area (Å²) in [7, 11) is -1.66. The van der Waals surface area contributed by atoms with Gasteiger partial charge in [0.05, 0.1) is 11.9 Å². The molecule has 0 amide bonds. The van der Waals surface area contributed by atoms with Crippen LogP contribution in [0.5, 0.6) is 0 Å². The van der Waals surface area contributed by atoms with E-state index in [9.17, 15) is 8.42 Å². The maximum absolute atomic E-state index is 11.2. The van der Waals surface area contributed by atoms with Crippen molar-refractivity contribution in [2.75, 3.05) is 26.0 Å². The third-order valence-corrected chi connectivity index (χ3v) is 3.12. The highest BCUT2D eigenvalue weighted by Crippen LogP contribution is 1.92. The van der Waals surface area contributed by atoms with Crippen LogP contribution in [-0.2, 0) is 14.8 Å². The molecule has 0 spiro atoms. The average Bonchev–Trinajstić information content (AvgIpc) is 2.03. The van der Waals surface area contributed by atoms with E-state index in [1.165, 1.54) is 7.11 Å². The highest BCUT2D eigenvalue weighted by atomic mass is 32.2. The maximum Gasteiger partial charge on any atom is 0.211 e. The van der Waals surface area contributed by atoms with Crippen LogP contribution in [-0.4, -0.2) is 45.6 Å². The Kier molecular flexibility index (Phi) is 7.08. The maximum atomic E-state index is 11.2. The zero-order chi connectivity index (χ0) is 11.0. The third kappa shape index (κ3) is 8.43. The summed E-state index contributed by atoms with van der Waals surface area (Å²) in [6, 6.07) is 0. The van der Waals surface area contributed by atoms with Crippen molar-refractivity contribution in [1.29, 1.82) is 0 Å². The van der Waals surface area contributed by atoms with Gasteiger partial charge in [-0.3, -0.25) is 0 Å². The van der Waals surface area contributed by atoms with Crippen LogP contribution in [0.4, 0.5) is 0 Å². The molecule has 1 atom stereocenters. The van der Waals surface area contributed by atoms with Crippen LogP contribution in [0.2, 0.25) is 0 Å². The number of methoxy groups -OCH3 is 1. The number of ether oxygens (including phenoxy) is 1. The van der Waals surface area contributed by atoms with Crippen LogP contribution in [0.3, 0.4) is 0 Å². The lowest BCUT2D eigenvalue weighted by atomic mass is 10.3. The van der Waals surface area contributed by atoms with Gasteiger partial charge in [-0.15, -0.1) is 0 Å². The zero-order valence-electron chi connectivity index (χ0n) is 8.69. The molecule has 0 saturated carbocycles. The summed E-state index contributed by atoms with van der Waals surface area (Å²) in [5, 5.41) is 8.91. The van der Waals surface area contributed by atoms with Crippen molar-refractivity contribution < 1.29 is 18.3 Å². The first kappa shape index (κ1) is 13.8. The van der Waals surface area contributed by atoms with E-state index >= 15 is 0 Å². The highest BCUT2D eigenvalue weighted by molar-refractivity contribution is 7.89. The van der Waals surface area contributed by atoms with Gasteiger partial charge < -0.3 is 9.84 Å². The molecule has 14 heavy (non-hydrogen) atoms. The number of rotatable bonds is 8. The van der Waals surface area contributed by atoms with Crippen LogP contribution >= 0.6 is 0 Å². The lowest BCUT2D eigenvalue weighted by molar-refractivity contribution is 0.186. The fourth-order valence-corrected chi connectivity index (χ4v) is 1.96. The van der Waals surface area contributed by atoms with Crippen LogP contribution in [0.25, 0.3) is 0 Å². The average molecular weight is 225 g/mol. The zero-order valence-corrected chi connectivity index (χ0v) is 9.51. The van der Waals surface area contributed by atoms with E-state index in [0.29, 0.717) is 19.4 Å². The molecule has 0 aliphatic heterocycles. The summed E-state index contributed by atoms with van der Waals surface area (Å²) >= 11 is 0. The van der Waals surface area contributed by atoms with Gasteiger partial charge in [0, 0.05) is 20.3 Å². The van der Waals surface area contributed by atoms with E-state index in [1.807, 2.05) is 0 Å². The Bertz CT molecular complexity index is 225. The summed E-state index contributed by atoms with van der Waals surface area (Å²) in [4.78, 5) is 0. The second kappa shape index (κ2) is 7.17. The Morgan fingerprint density at radius 3 is 2.64 bits per heavy atom. The van der Waals surface area contributed by atoms with E-state index in [-0.39, 0.29) is 12.3 Å². The van der Waals surface area contributed by atoms with Crippen molar-refractivity contribution in [3.63, 3.8) is 0 Å². The number of aliphatic hydroxyl groups is 1. The van der Waals surface area contributed by atoms with Crippen LogP contribution in [0.1, 0.15) is 19.8 Å². The Hall–Kier alpha value is -0.170. The third-order valence-electron chi connectivity index (χ3n) is 1.65.